The third-order valence-electron chi connectivity index (χ3n) is 4.73. The first-order valence-corrected chi connectivity index (χ1v) is 7.82. The van der Waals surface area contributed by atoms with Crippen LogP contribution in [-0.2, 0) is 32.7 Å². The number of aliphatic hydroxyl groups excluding tert-OH is 1. The SMILES string of the molecule is Cc1nn(C)c(C)c1CC(O)Cc1ccc2c(c1)CCC2. The Balaban J connectivity index is 1.70. The number of hydrogen-bond acceptors (Lipinski definition) is 2. The molecule has 0 bridgehead atoms. The topological polar surface area (TPSA) is 38.0 Å². The van der Waals surface area contributed by atoms with Crippen molar-refractivity contribution in [3.05, 3.63) is 51.8 Å². The molecule has 1 atom stereocenters. The van der Waals surface area contributed by atoms with E-state index in [1.54, 1.807) is 0 Å². The van der Waals surface area contributed by atoms with Crippen LogP contribution in [0.5, 0.6) is 0 Å². The van der Waals surface area contributed by atoms with Crippen molar-refractivity contribution in [3.63, 3.8) is 0 Å². The van der Waals surface area contributed by atoms with E-state index in [0.717, 1.165) is 17.8 Å². The molecule has 1 aliphatic carbocycles. The largest absolute Gasteiger partial charge is 0.392 e. The molecular weight excluding hydrogens is 260 g/mol. The standard InChI is InChI=1S/C18H24N2O/c1-12-18(13(2)20(3)19-12)11-17(21)10-14-7-8-15-5-4-6-16(15)9-14/h7-9,17,21H,4-6,10-11H2,1-3H3. The van der Waals surface area contributed by atoms with Gasteiger partial charge < -0.3 is 5.11 Å². The fourth-order valence-corrected chi connectivity index (χ4v) is 3.44. The molecule has 3 rings (SSSR count). The number of hydrogen-bond donors (Lipinski definition) is 1. The second kappa shape index (κ2) is 5.64. The third kappa shape index (κ3) is 2.88. The molecule has 3 nitrogen and oxygen atoms in total. The first-order chi connectivity index (χ1) is 10.0. The van der Waals surface area contributed by atoms with Gasteiger partial charge in [0.25, 0.3) is 0 Å². The van der Waals surface area contributed by atoms with Gasteiger partial charge in [-0.2, -0.15) is 5.10 Å². The first kappa shape index (κ1) is 14.3. The van der Waals surface area contributed by atoms with E-state index in [9.17, 15) is 5.11 Å². The Hall–Kier alpha value is -1.61. The molecule has 3 heteroatoms. The summed E-state index contributed by atoms with van der Waals surface area (Å²) in [5.41, 5.74) is 7.60. The molecule has 112 valence electrons. The van der Waals surface area contributed by atoms with E-state index in [1.807, 2.05) is 18.7 Å². The van der Waals surface area contributed by atoms with Gasteiger partial charge in [-0.25, -0.2) is 0 Å². The minimum atomic E-state index is -0.342. The summed E-state index contributed by atoms with van der Waals surface area (Å²) < 4.78 is 1.90. The van der Waals surface area contributed by atoms with Crippen molar-refractivity contribution in [3.8, 4) is 0 Å². The number of aromatic nitrogens is 2. The van der Waals surface area contributed by atoms with E-state index < -0.39 is 0 Å². The highest BCUT2D eigenvalue weighted by atomic mass is 16.3. The Kier molecular flexibility index (Phi) is 3.85. The lowest BCUT2D eigenvalue weighted by Gasteiger charge is -2.12. The lowest BCUT2D eigenvalue weighted by Crippen LogP contribution is -2.15. The van der Waals surface area contributed by atoms with Gasteiger partial charge in [0.15, 0.2) is 0 Å². The first-order valence-electron chi connectivity index (χ1n) is 7.82. The maximum atomic E-state index is 10.4. The molecule has 1 heterocycles. The highest BCUT2D eigenvalue weighted by molar-refractivity contribution is 5.35. The molecule has 1 unspecified atom stereocenters. The molecule has 0 spiro atoms. The zero-order valence-electron chi connectivity index (χ0n) is 13.2. The summed E-state index contributed by atoms with van der Waals surface area (Å²) >= 11 is 0. The molecule has 0 fully saturated rings. The maximum absolute atomic E-state index is 10.4. The van der Waals surface area contributed by atoms with Crippen LogP contribution in [0.3, 0.4) is 0 Å². The lowest BCUT2D eigenvalue weighted by atomic mass is 9.98. The van der Waals surface area contributed by atoms with Crippen LogP contribution in [0.1, 0.15) is 40.1 Å². The number of aryl methyl sites for hydroxylation is 4. The minimum absolute atomic E-state index is 0.342. The summed E-state index contributed by atoms with van der Waals surface area (Å²) in [6, 6.07) is 6.70. The van der Waals surface area contributed by atoms with Crippen LogP contribution < -0.4 is 0 Å². The smallest absolute Gasteiger partial charge is 0.0629 e. The summed E-state index contributed by atoms with van der Waals surface area (Å²) in [4.78, 5) is 0. The Morgan fingerprint density at radius 2 is 1.95 bits per heavy atom. The van der Waals surface area contributed by atoms with E-state index in [0.29, 0.717) is 6.42 Å². The minimum Gasteiger partial charge on any atom is -0.392 e. The third-order valence-corrected chi connectivity index (χ3v) is 4.73. The van der Waals surface area contributed by atoms with Gasteiger partial charge in [-0.05, 0) is 61.8 Å². The second-order valence-electron chi connectivity index (χ2n) is 6.29. The Bertz CT molecular complexity index is 657. The zero-order valence-corrected chi connectivity index (χ0v) is 13.2. The number of nitrogens with zero attached hydrogens (tertiary/aromatic N) is 2. The number of aliphatic hydroxyl groups is 1. The molecule has 1 aliphatic rings. The van der Waals surface area contributed by atoms with Gasteiger partial charge >= 0.3 is 0 Å². The van der Waals surface area contributed by atoms with Crippen LogP contribution in [0.2, 0.25) is 0 Å². The van der Waals surface area contributed by atoms with E-state index >= 15 is 0 Å². The van der Waals surface area contributed by atoms with E-state index in [1.165, 1.54) is 41.5 Å². The van der Waals surface area contributed by atoms with Crippen molar-refractivity contribution in [2.75, 3.05) is 0 Å². The van der Waals surface area contributed by atoms with Gasteiger partial charge in [0.1, 0.15) is 0 Å². The van der Waals surface area contributed by atoms with Crippen molar-refractivity contribution in [2.45, 2.75) is 52.1 Å². The van der Waals surface area contributed by atoms with Gasteiger partial charge in [0.05, 0.1) is 11.8 Å². The second-order valence-corrected chi connectivity index (χ2v) is 6.29. The molecule has 0 amide bonds. The normalized spacial score (nSPS) is 15.2. The summed E-state index contributed by atoms with van der Waals surface area (Å²) in [7, 11) is 1.96. The van der Waals surface area contributed by atoms with Crippen molar-refractivity contribution in [1.29, 1.82) is 0 Å². The summed E-state index contributed by atoms with van der Waals surface area (Å²) in [6.07, 6.45) is 4.75. The Labute approximate surface area is 126 Å². The predicted molar refractivity (Wildman–Crippen MR) is 84.6 cm³/mol. The fraction of sp³-hybridized carbons (Fsp3) is 0.500. The molecule has 1 aromatic carbocycles. The van der Waals surface area contributed by atoms with E-state index in [-0.39, 0.29) is 6.10 Å². The predicted octanol–water partition coefficient (Wildman–Crippen LogP) is 2.67. The number of benzene rings is 1. The van der Waals surface area contributed by atoms with Crippen LogP contribution in [-0.4, -0.2) is 21.0 Å². The van der Waals surface area contributed by atoms with Gasteiger partial charge in [-0.3, -0.25) is 4.68 Å². The molecule has 0 radical (unpaired) electrons. The summed E-state index contributed by atoms with van der Waals surface area (Å²) in [6.45, 7) is 4.09. The fourth-order valence-electron chi connectivity index (χ4n) is 3.44. The van der Waals surface area contributed by atoms with E-state index in [2.05, 4.69) is 30.2 Å². The maximum Gasteiger partial charge on any atom is 0.0629 e. The molecule has 0 saturated carbocycles. The monoisotopic (exact) mass is 284 g/mol. The Morgan fingerprint density at radius 3 is 2.67 bits per heavy atom. The molecule has 1 N–H and O–H groups in total. The van der Waals surface area contributed by atoms with Crippen LogP contribution in [0.25, 0.3) is 0 Å². The molecule has 2 aromatic rings. The number of rotatable bonds is 4. The van der Waals surface area contributed by atoms with Crippen molar-refractivity contribution < 1.29 is 5.11 Å². The quantitative estimate of drug-likeness (QED) is 0.937. The van der Waals surface area contributed by atoms with Gasteiger partial charge in [0, 0.05) is 19.2 Å². The van der Waals surface area contributed by atoms with Gasteiger partial charge in [-0.1, -0.05) is 18.2 Å². The summed E-state index contributed by atoms with van der Waals surface area (Å²) in [5.74, 6) is 0. The number of fused-ring (bicyclic) bond motifs is 1. The van der Waals surface area contributed by atoms with Crippen LogP contribution in [0, 0.1) is 13.8 Å². The molecule has 0 saturated heterocycles. The Morgan fingerprint density at radius 1 is 1.19 bits per heavy atom. The van der Waals surface area contributed by atoms with E-state index in [4.69, 9.17) is 0 Å². The van der Waals surface area contributed by atoms with Crippen LogP contribution >= 0.6 is 0 Å². The zero-order chi connectivity index (χ0) is 15.0. The van der Waals surface area contributed by atoms with Gasteiger partial charge in [0.2, 0.25) is 0 Å². The molecular formula is C18H24N2O. The summed E-state index contributed by atoms with van der Waals surface area (Å²) in [5, 5.41) is 14.8. The highest BCUT2D eigenvalue weighted by Crippen LogP contribution is 2.24. The molecule has 1 aromatic heterocycles. The highest BCUT2D eigenvalue weighted by Gasteiger charge is 2.16. The van der Waals surface area contributed by atoms with Crippen molar-refractivity contribution >= 4 is 0 Å². The average molecular weight is 284 g/mol. The van der Waals surface area contributed by atoms with Crippen LogP contribution in [0.15, 0.2) is 18.2 Å². The molecule has 0 aliphatic heterocycles. The molecule has 21 heavy (non-hydrogen) atoms. The average Bonchev–Trinajstić information content (AvgIpc) is 2.99. The van der Waals surface area contributed by atoms with Gasteiger partial charge in [-0.15, -0.1) is 0 Å². The van der Waals surface area contributed by atoms with Crippen molar-refractivity contribution in [2.24, 2.45) is 7.05 Å². The van der Waals surface area contributed by atoms with Crippen LogP contribution in [0.4, 0.5) is 0 Å². The van der Waals surface area contributed by atoms with Crippen molar-refractivity contribution in [1.82, 2.24) is 9.78 Å². The lowest BCUT2D eigenvalue weighted by molar-refractivity contribution is 0.175.